The fraction of sp³-hybridized carbons (Fsp3) is 0.846. The molecule has 5 heteroatoms. The summed E-state index contributed by atoms with van der Waals surface area (Å²) in [4.78, 5) is 22.9. The highest BCUT2D eigenvalue weighted by molar-refractivity contribution is 5.73. The van der Waals surface area contributed by atoms with Crippen molar-refractivity contribution in [3.05, 3.63) is 0 Å². The van der Waals surface area contributed by atoms with Crippen molar-refractivity contribution < 1.29 is 19.1 Å². The van der Waals surface area contributed by atoms with Gasteiger partial charge in [-0.25, -0.2) is 0 Å². The maximum absolute atomic E-state index is 11.7. The summed E-state index contributed by atoms with van der Waals surface area (Å²) in [5.41, 5.74) is -0.997. The molecule has 5 nitrogen and oxygen atoms in total. The number of hydrogen-bond donors (Lipinski definition) is 1. The summed E-state index contributed by atoms with van der Waals surface area (Å²) in [6, 6.07) is 0. The van der Waals surface area contributed by atoms with E-state index in [2.05, 4.69) is 5.32 Å². The molecule has 0 aromatic rings. The summed E-state index contributed by atoms with van der Waals surface area (Å²) in [7, 11) is 0. The Morgan fingerprint density at radius 1 is 1.06 bits per heavy atom. The molecule has 0 aliphatic heterocycles. The summed E-state index contributed by atoms with van der Waals surface area (Å²) in [6.07, 6.45) is 0.198. The SMILES string of the molecule is CCOC(=O)CNC(C)(C)CC(=O)OC(C)(C)C. The molecule has 106 valence electrons. The summed E-state index contributed by atoms with van der Waals surface area (Å²) in [6.45, 7) is 11.4. The van der Waals surface area contributed by atoms with Gasteiger partial charge in [0, 0.05) is 5.54 Å². The van der Waals surface area contributed by atoms with Gasteiger partial charge >= 0.3 is 11.9 Å². The molecule has 0 aliphatic rings. The maximum Gasteiger partial charge on any atom is 0.319 e. The average molecular weight is 259 g/mol. The van der Waals surface area contributed by atoms with E-state index in [9.17, 15) is 9.59 Å². The third kappa shape index (κ3) is 8.98. The molecule has 0 aliphatic carbocycles. The van der Waals surface area contributed by atoms with Crippen molar-refractivity contribution in [1.82, 2.24) is 5.32 Å². The van der Waals surface area contributed by atoms with Gasteiger partial charge in [-0.1, -0.05) is 0 Å². The van der Waals surface area contributed by atoms with Crippen LogP contribution in [0.4, 0.5) is 0 Å². The molecule has 0 rings (SSSR count). The lowest BCUT2D eigenvalue weighted by molar-refractivity contribution is -0.156. The van der Waals surface area contributed by atoms with E-state index in [1.54, 1.807) is 6.92 Å². The van der Waals surface area contributed by atoms with Crippen LogP contribution in [0.2, 0.25) is 0 Å². The fourth-order valence-corrected chi connectivity index (χ4v) is 1.32. The Morgan fingerprint density at radius 3 is 2.06 bits per heavy atom. The molecule has 18 heavy (non-hydrogen) atoms. The minimum Gasteiger partial charge on any atom is -0.465 e. The Bertz CT molecular complexity index is 292. The molecule has 0 aromatic heterocycles. The van der Waals surface area contributed by atoms with Crippen LogP contribution in [0.25, 0.3) is 0 Å². The fourth-order valence-electron chi connectivity index (χ4n) is 1.32. The number of carbonyl (C=O) groups is 2. The second kappa shape index (κ2) is 6.73. The zero-order valence-corrected chi connectivity index (χ0v) is 12.3. The zero-order valence-electron chi connectivity index (χ0n) is 12.3. The normalized spacial score (nSPS) is 12.1. The lowest BCUT2D eigenvalue weighted by atomic mass is 10.0. The lowest BCUT2D eigenvalue weighted by Gasteiger charge is -2.27. The predicted molar refractivity (Wildman–Crippen MR) is 69.2 cm³/mol. The second-order valence-corrected chi connectivity index (χ2v) is 5.81. The first kappa shape index (κ1) is 16.9. The van der Waals surface area contributed by atoms with E-state index < -0.39 is 11.1 Å². The van der Waals surface area contributed by atoms with Gasteiger partial charge in [0.1, 0.15) is 5.60 Å². The third-order valence-corrected chi connectivity index (χ3v) is 2.02. The molecule has 0 atom stereocenters. The molecule has 1 N–H and O–H groups in total. The first-order valence-electron chi connectivity index (χ1n) is 6.18. The van der Waals surface area contributed by atoms with E-state index in [0.29, 0.717) is 6.61 Å². The largest absolute Gasteiger partial charge is 0.465 e. The molecular formula is C13H25NO4. The quantitative estimate of drug-likeness (QED) is 0.735. The summed E-state index contributed by atoms with van der Waals surface area (Å²) >= 11 is 0. The van der Waals surface area contributed by atoms with Gasteiger partial charge in [-0.05, 0) is 41.5 Å². The van der Waals surface area contributed by atoms with E-state index >= 15 is 0 Å². The van der Waals surface area contributed by atoms with Crippen LogP contribution in [0.3, 0.4) is 0 Å². The van der Waals surface area contributed by atoms with Crippen molar-refractivity contribution in [2.45, 2.75) is 59.1 Å². The molecule has 0 radical (unpaired) electrons. The Balaban J connectivity index is 4.14. The van der Waals surface area contributed by atoms with Gasteiger partial charge in [-0.15, -0.1) is 0 Å². The maximum atomic E-state index is 11.7. The van der Waals surface area contributed by atoms with Gasteiger partial charge in [-0.3, -0.25) is 9.59 Å². The zero-order chi connectivity index (χ0) is 14.4. The number of nitrogens with one attached hydrogen (secondary N) is 1. The summed E-state index contributed by atoms with van der Waals surface area (Å²) < 4.78 is 10.0. The highest BCUT2D eigenvalue weighted by atomic mass is 16.6. The lowest BCUT2D eigenvalue weighted by Crippen LogP contribution is -2.45. The summed E-state index contributed by atoms with van der Waals surface area (Å²) in [5.74, 6) is -0.612. The highest BCUT2D eigenvalue weighted by Gasteiger charge is 2.26. The number of hydrogen-bond acceptors (Lipinski definition) is 5. The minimum absolute atomic E-state index is 0.0869. The third-order valence-electron chi connectivity index (χ3n) is 2.02. The highest BCUT2D eigenvalue weighted by Crippen LogP contribution is 2.14. The standard InChI is InChI=1S/C13H25NO4/c1-7-17-11(16)9-14-13(5,6)8-10(15)18-12(2,3)4/h14H,7-9H2,1-6H3. The van der Waals surface area contributed by atoms with Crippen LogP contribution in [-0.4, -0.2) is 36.2 Å². The second-order valence-electron chi connectivity index (χ2n) is 5.81. The van der Waals surface area contributed by atoms with Crippen LogP contribution in [0.5, 0.6) is 0 Å². The minimum atomic E-state index is -0.505. The van der Waals surface area contributed by atoms with E-state index in [4.69, 9.17) is 9.47 Å². The van der Waals surface area contributed by atoms with Gasteiger partial charge in [0.05, 0.1) is 19.6 Å². The molecule has 0 unspecified atom stereocenters. The van der Waals surface area contributed by atoms with Crippen LogP contribution >= 0.6 is 0 Å². The van der Waals surface area contributed by atoms with Crippen LogP contribution in [-0.2, 0) is 19.1 Å². The Kier molecular flexibility index (Phi) is 6.32. The van der Waals surface area contributed by atoms with Crippen LogP contribution in [0, 0.1) is 0 Å². The van der Waals surface area contributed by atoms with Gasteiger partial charge < -0.3 is 14.8 Å². The molecule has 0 aromatic carbocycles. The van der Waals surface area contributed by atoms with Crippen molar-refractivity contribution in [3.63, 3.8) is 0 Å². The molecular weight excluding hydrogens is 234 g/mol. The molecule has 0 spiro atoms. The van der Waals surface area contributed by atoms with Crippen LogP contribution in [0.1, 0.15) is 48.0 Å². The molecule has 0 fully saturated rings. The Hall–Kier alpha value is -1.10. The van der Waals surface area contributed by atoms with E-state index in [1.165, 1.54) is 0 Å². The van der Waals surface area contributed by atoms with Crippen molar-refractivity contribution in [1.29, 1.82) is 0 Å². The number of rotatable bonds is 6. The van der Waals surface area contributed by atoms with Gasteiger partial charge in [0.2, 0.25) is 0 Å². The molecule has 0 saturated carbocycles. The van der Waals surface area contributed by atoms with E-state index in [-0.39, 0.29) is 24.9 Å². The van der Waals surface area contributed by atoms with Gasteiger partial charge in [0.15, 0.2) is 0 Å². The van der Waals surface area contributed by atoms with Crippen LogP contribution < -0.4 is 5.32 Å². The first-order chi connectivity index (χ1) is 8.06. The Labute approximate surface area is 109 Å². The van der Waals surface area contributed by atoms with Crippen molar-refractivity contribution in [3.8, 4) is 0 Å². The number of ether oxygens (including phenoxy) is 2. The van der Waals surface area contributed by atoms with E-state index in [1.807, 2.05) is 34.6 Å². The van der Waals surface area contributed by atoms with E-state index in [0.717, 1.165) is 0 Å². The molecule has 0 amide bonds. The predicted octanol–water partition coefficient (Wildman–Crippen LogP) is 1.65. The van der Waals surface area contributed by atoms with Gasteiger partial charge in [0.25, 0.3) is 0 Å². The van der Waals surface area contributed by atoms with Crippen molar-refractivity contribution >= 4 is 11.9 Å². The topological polar surface area (TPSA) is 64.6 Å². The molecule has 0 saturated heterocycles. The smallest absolute Gasteiger partial charge is 0.319 e. The molecule has 0 bridgehead atoms. The Morgan fingerprint density at radius 2 is 1.61 bits per heavy atom. The van der Waals surface area contributed by atoms with Crippen molar-refractivity contribution in [2.75, 3.05) is 13.2 Å². The average Bonchev–Trinajstić information content (AvgIpc) is 2.11. The number of esters is 2. The van der Waals surface area contributed by atoms with Gasteiger partial charge in [-0.2, -0.15) is 0 Å². The monoisotopic (exact) mass is 259 g/mol. The summed E-state index contributed by atoms with van der Waals surface area (Å²) in [5, 5.41) is 2.98. The first-order valence-corrected chi connectivity index (χ1v) is 6.18. The molecule has 0 heterocycles. The number of carbonyl (C=O) groups excluding carboxylic acids is 2. The van der Waals surface area contributed by atoms with Crippen LogP contribution in [0.15, 0.2) is 0 Å². The van der Waals surface area contributed by atoms with Crippen molar-refractivity contribution in [2.24, 2.45) is 0 Å².